The van der Waals surface area contributed by atoms with Crippen molar-refractivity contribution in [1.82, 2.24) is 0 Å². The minimum atomic E-state index is -3.84. The predicted octanol–water partition coefficient (Wildman–Crippen LogP) is 2.45. The highest BCUT2D eigenvalue weighted by Gasteiger charge is 2.20. The molecule has 0 atom stereocenters. The Hall–Kier alpha value is -2.85. The molecule has 0 amide bonds. The summed E-state index contributed by atoms with van der Waals surface area (Å²) >= 11 is 0. The lowest BCUT2D eigenvalue weighted by molar-refractivity contribution is 0.564. The highest BCUT2D eigenvalue weighted by molar-refractivity contribution is 7.91. The Labute approximate surface area is 120 Å². The van der Waals surface area contributed by atoms with Crippen LogP contribution in [0.3, 0.4) is 0 Å². The van der Waals surface area contributed by atoms with Gasteiger partial charge in [-0.2, -0.15) is 9.98 Å². The molecule has 7 heteroatoms. The van der Waals surface area contributed by atoms with Gasteiger partial charge in [-0.3, -0.25) is 0 Å². The largest absolute Gasteiger partial charge is 0.240 e. The molecule has 6 nitrogen and oxygen atoms in total. The van der Waals surface area contributed by atoms with Gasteiger partial charge in [-0.05, 0) is 36.4 Å². The fourth-order valence-corrected chi connectivity index (χ4v) is 3.10. The van der Waals surface area contributed by atoms with Crippen molar-refractivity contribution in [2.75, 3.05) is 0 Å². The van der Waals surface area contributed by atoms with Gasteiger partial charge in [0.05, 0.1) is 21.2 Å². The average molecular weight is 300 g/mol. The van der Waals surface area contributed by atoms with Crippen molar-refractivity contribution in [3.63, 3.8) is 0 Å². The van der Waals surface area contributed by atoms with Gasteiger partial charge in [0, 0.05) is 0 Å². The molecule has 2 aromatic carbocycles. The third-order valence-electron chi connectivity index (χ3n) is 2.64. The third kappa shape index (κ3) is 3.01. The topological polar surface area (TPSA) is 93.0 Å². The van der Waals surface area contributed by atoms with Crippen LogP contribution >= 0.6 is 0 Å². The van der Waals surface area contributed by atoms with Gasteiger partial charge in [0.15, 0.2) is 0 Å². The SMILES string of the molecule is O=C=Nc1ccc(S(=O)(=O)c2ccccc2N=C=O)cc1. The van der Waals surface area contributed by atoms with E-state index < -0.39 is 9.84 Å². The van der Waals surface area contributed by atoms with E-state index in [2.05, 4.69) is 9.98 Å². The molecule has 0 N–H and O–H groups in total. The Morgan fingerprint density at radius 1 is 0.810 bits per heavy atom. The third-order valence-corrected chi connectivity index (χ3v) is 4.46. The number of hydrogen-bond donors (Lipinski definition) is 0. The van der Waals surface area contributed by atoms with E-state index in [0.717, 1.165) is 0 Å². The van der Waals surface area contributed by atoms with Crippen molar-refractivity contribution >= 4 is 33.4 Å². The highest BCUT2D eigenvalue weighted by Crippen LogP contribution is 2.29. The maximum Gasteiger partial charge on any atom is 0.240 e. The van der Waals surface area contributed by atoms with Gasteiger partial charge >= 0.3 is 0 Å². The Balaban J connectivity index is 2.57. The molecule has 0 saturated heterocycles. The Bertz CT molecular complexity index is 860. The van der Waals surface area contributed by atoms with E-state index in [1.54, 1.807) is 6.07 Å². The van der Waals surface area contributed by atoms with Crippen LogP contribution < -0.4 is 0 Å². The van der Waals surface area contributed by atoms with Gasteiger partial charge in [0.1, 0.15) is 0 Å². The number of para-hydroxylation sites is 1. The summed E-state index contributed by atoms with van der Waals surface area (Å²) in [5, 5.41) is 0. The van der Waals surface area contributed by atoms with Crippen molar-refractivity contribution in [3.05, 3.63) is 48.5 Å². The normalized spacial score (nSPS) is 10.3. The predicted molar refractivity (Wildman–Crippen MR) is 73.9 cm³/mol. The molecular weight excluding hydrogens is 292 g/mol. The summed E-state index contributed by atoms with van der Waals surface area (Å²) in [5.74, 6) is 0. The van der Waals surface area contributed by atoms with E-state index in [1.807, 2.05) is 0 Å². The zero-order valence-corrected chi connectivity index (χ0v) is 11.4. The summed E-state index contributed by atoms with van der Waals surface area (Å²) in [7, 11) is -3.84. The fraction of sp³-hybridized carbons (Fsp3) is 0. The van der Waals surface area contributed by atoms with Crippen molar-refractivity contribution in [3.8, 4) is 0 Å². The number of aliphatic imine (C=N–C) groups is 2. The quantitative estimate of drug-likeness (QED) is 0.640. The maximum atomic E-state index is 12.5. The smallest absolute Gasteiger partial charge is 0.218 e. The van der Waals surface area contributed by atoms with E-state index in [1.165, 1.54) is 54.6 Å². The lowest BCUT2D eigenvalue weighted by Gasteiger charge is -2.06. The number of nitrogens with zero attached hydrogens (tertiary/aromatic N) is 2. The summed E-state index contributed by atoms with van der Waals surface area (Å²) in [6.07, 6.45) is 2.69. The molecule has 0 bridgehead atoms. The molecule has 0 aliphatic heterocycles. The van der Waals surface area contributed by atoms with Gasteiger partial charge in [-0.15, -0.1) is 0 Å². The minimum absolute atomic E-state index is 0.000831. The number of carbonyl (C=O) groups excluding carboxylic acids is 2. The second-order valence-corrected chi connectivity index (χ2v) is 5.79. The molecule has 2 rings (SSSR count). The first kappa shape index (κ1) is 14.6. The van der Waals surface area contributed by atoms with Crippen LogP contribution in [0.5, 0.6) is 0 Å². The van der Waals surface area contributed by atoms with Gasteiger partial charge in [-0.25, -0.2) is 18.0 Å². The fourth-order valence-electron chi connectivity index (χ4n) is 1.71. The molecule has 104 valence electrons. The zero-order chi connectivity index (χ0) is 15.3. The second-order valence-electron chi connectivity index (χ2n) is 3.87. The Kier molecular flexibility index (Phi) is 4.21. The van der Waals surface area contributed by atoms with Gasteiger partial charge < -0.3 is 0 Å². The Morgan fingerprint density at radius 2 is 1.43 bits per heavy atom. The molecule has 0 spiro atoms. The molecule has 2 aromatic rings. The first-order valence-corrected chi connectivity index (χ1v) is 7.18. The summed E-state index contributed by atoms with van der Waals surface area (Å²) in [6, 6.07) is 11.2. The number of benzene rings is 2. The lowest BCUT2D eigenvalue weighted by atomic mass is 10.3. The standard InChI is InChI=1S/C14H8N2O4S/c17-9-15-11-5-7-12(8-6-11)21(19,20)14-4-2-1-3-13(14)16-10-18/h1-8H. The van der Waals surface area contributed by atoms with Crippen LogP contribution in [0.1, 0.15) is 0 Å². The first-order valence-electron chi connectivity index (χ1n) is 5.69. The van der Waals surface area contributed by atoms with Crippen molar-refractivity contribution < 1.29 is 18.0 Å². The molecule has 0 saturated carbocycles. The van der Waals surface area contributed by atoms with Gasteiger partial charge in [-0.1, -0.05) is 12.1 Å². The summed E-state index contributed by atoms with van der Waals surface area (Å²) in [6.45, 7) is 0. The van der Waals surface area contributed by atoms with Crippen LogP contribution in [0.2, 0.25) is 0 Å². The summed E-state index contributed by atoms with van der Waals surface area (Å²) in [5.41, 5.74) is 0.311. The van der Waals surface area contributed by atoms with Crippen molar-refractivity contribution in [1.29, 1.82) is 0 Å². The molecule has 0 aliphatic rings. The van der Waals surface area contributed by atoms with Crippen LogP contribution in [-0.4, -0.2) is 20.6 Å². The summed E-state index contributed by atoms with van der Waals surface area (Å²) < 4.78 is 25.0. The molecule has 0 aromatic heterocycles. The van der Waals surface area contributed by atoms with Crippen LogP contribution in [0.4, 0.5) is 11.4 Å². The van der Waals surface area contributed by atoms with Crippen molar-refractivity contribution in [2.45, 2.75) is 9.79 Å². The van der Waals surface area contributed by atoms with Crippen LogP contribution in [0.25, 0.3) is 0 Å². The number of isocyanates is 2. The van der Waals surface area contributed by atoms with Gasteiger partial charge in [0.2, 0.25) is 22.0 Å². The van der Waals surface area contributed by atoms with Crippen LogP contribution in [-0.2, 0) is 19.4 Å². The molecule has 0 unspecified atom stereocenters. The molecule has 0 radical (unpaired) electrons. The number of hydrogen-bond acceptors (Lipinski definition) is 6. The molecular formula is C14H8N2O4S. The van der Waals surface area contributed by atoms with E-state index in [9.17, 15) is 18.0 Å². The van der Waals surface area contributed by atoms with E-state index in [4.69, 9.17) is 0 Å². The highest BCUT2D eigenvalue weighted by atomic mass is 32.2. The molecule has 0 fully saturated rings. The number of sulfone groups is 1. The van der Waals surface area contributed by atoms with Gasteiger partial charge in [0.25, 0.3) is 0 Å². The second kappa shape index (κ2) is 6.07. The first-order chi connectivity index (χ1) is 10.1. The zero-order valence-electron chi connectivity index (χ0n) is 10.6. The number of rotatable bonds is 4. The van der Waals surface area contributed by atoms with Crippen LogP contribution in [0.15, 0.2) is 68.3 Å². The van der Waals surface area contributed by atoms with E-state index in [-0.39, 0.29) is 15.5 Å². The maximum absolute atomic E-state index is 12.5. The monoisotopic (exact) mass is 300 g/mol. The molecule has 21 heavy (non-hydrogen) atoms. The molecule has 0 aliphatic carbocycles. The van der Waals surface area contributed by atoms with Crippen molar-refractivity contribution in [2.24, 2.45) is 9.98 Å². The molecule has 0 heterocycles. The van der Waals surface area contributed by atoms with Crippen LogP contribution in [0, 0.1) is 0 Å². The minimum Gasteiger partial charge on any atom is -0.218 e. The van der Waals surface area contributed by atoms with E-state index >= 15 is 0 Å². The average Bonchev–Trinajstić information content (AvgIpc) is 2.49. The lowest BCUT2D eigenvalue weighted by Crippen LogP contribution is -2.02. The summed E-state index contributed by atoms with van der Waals surface area (Å²) in [4.78, 5) is 27.2. The Morgan fingerprint density at radius 3 is 2.05 bits per heavy atom. The van der Waals surface area contributed by atoms with E-state index in [0.29, 0.717) is 5.69 Å².